The van der Waals surface area contributed by atoms with Crippen molar-refractivity contribution in [3.63, 3.8) is 0 Å². The van der Waals surface area contributed by atoms with E-state index in [-0.39, 0.29) is 19.2 Å². The van der Waals surface area contributed by atoms with Crippen LogP contribution in [0.4, 0.5) is 0 Å². The van der Waals surface area contributed by atoms with Gasteiger partial charge in [-0.2, -0.15) is 0 Å². The summed E-state index contributed by atoms with van der Waals surface area (Å²) >= 11 is 0. The van der Waals surface area contributed by atoms with Gasteiger partial charge >= 0.3 is 11.9 Å². The molecule has 37 heavy (non-hydrogen) atoms. The van der Waals surface area contributed by atoms with Crippen LogP contribution in [0, 0.1) is 10.1 Å². The number of carbonyl (C=O) groups is 2. The number of hydrogen-bond donors (Lipinski definition) is 1. The van der Waals surface area contributed by atoms with E-state index >= 15 is 0 Å². The molecule has 0 saturated carbocycles. The molecule has 4 rings (SSSR count). The number of hydrogen-bond acceptors (Lipinski definition) is 8. The lowest BCUT2D eigenvalue weighted by Gasteiger charge is -2.05. The summed E-state index contributed by atoms with van der Waals surface area (Å²) in [6.07, 6.45) is 0. The van der Waals surface area contributed by atoms with E-state index in [9.17, 15) is 19.7 Å². The highest BCUT2D eigenvalue weighted by atomic mass is 16.9. The van der Waals surface area contributed by atoms with Gasteiger partial charge < -0.3 is 19.4 Å². The molecule has 4 aromatic rings. The number of aliphatic hydroxyl groups excluding tert-OH is 1. The van der Waals surface area contributed by atoms with Crippen LogP contribution in [0.2, 0.25) is 0 Å². The summed E-state index contributed by atoms with van der Waals surface area (Å²) in [4.78, 5) is 37.8. The van der Waals surface area contributed by atoms with E-state index in [1.54, 1.807) is 103 Å². The summed E-state index contributed by atoms with van der Waals surface area (Å²) in [5, 5.41) is 18.1. The number of aliphatic hydroxyl groups is 1. The zero-order chi connectivity index (χ0) is 26.5. The minimum atomic E-state index is -0.858. The van der Waals surface area contributed by atoms with E-state index in [2.05, 4.69) is 4.84 Å². The molecule has 1 N–H and O–H groups in total. The zero-order valence-corrected chi connectivity index (χ0v) is 19.6. The van der Waals surface area contributed by atoms with E-state index in [0.29, 0.717) is 28.2 Å². The minimum absolute atomic E-state index is 0.0209. The topological polar surface area (TPSA) is 125 Å². The standard InChI is InChI=1S/C14H11NO5.C14H12O3/c16-14(12-4-2-1-3-5-12)20-13-8-6-11(7-9-13)10-19-15(17)18;15-10-11-6-8-13(9-7-11)17-14(16)12-4-2-1-3-5-12/h1-9H,10H2;1-9,15H,10H2. The number of carbonyl (C=O) groups excluding carboxylic acids is 2. The van der Waals surface area contributed by atoms with Crippen LogP contribution >= 0.6 is 0 Å². The van der Waals surface area contributed by atoms with Crippen LogP contribution in [-0.4, -0.2) is 22.1 Å². The highest BCUT2D eigenvalue weighted by Gasteiger charge is 2.08. The normalized spacial score (nSPS) is 9.86. The van der Waals surface area contributed by atoms with Gasteiger partial charge in [0.1, 0.15) is 18.1 Å². The Balaban J connectivity index is 0.000000208. The van der Waals surface area contributed by atoms with Crippen LogP contribution in [0.1, 0.15) is 31.8 Å². The summed E-state index contributed by atoms with van der Waals surface area (Å²) in [6, 6.07) is 30.5. The molecule has 0 bridgehead atoms. The van der Waals surface area contributed by atoms with Gasteiger partial charge in [-0.15, -0.1) is 10.1 Å². The lowest BCUT2D eigenvalue weighted by Crippen LogP contribution is -2.08. The Morgan fingerprint density at radius 3 is 1.43 bits per heavy atom. The fourth-order valence-corrected chi connectivity index (χ4v) is 2.92. The van der Waals surface area contributed by atoms with E-state index < -0.39 is 11.1 Å². The molecule has 9 heteroatoms. The first-order valence-electron chi connectivity index (χ1n) is 11.0. The van der Waals surface area contributed by atoms with Crippen LogP contribution in [0.5, 0.6) is 11.5 Å². The van der Waals surface area contributed by atoms with E-state index in [1.807, 2.05) is 6.07 Å². The lowest BCUT2D eigenvalue weighted by molar-refractivity contribution is -0.763. The van der Waals surface area contributed by atoms with Gasteiger partial charge in [-0.3, -0.25) is 0 Å². The predicted octanol–water partition coefficient (Wildman–Crippen LogP) is 5.01. The third-order valence-electron chi connectivity index (χ3n) is 4.81. The fraction of sp³-hybridized carbons (Fsp3) is 0.0714. The Morgan fingerprint density at radius 1 is 0.649 bits per heavy atom. The molecule has 0 aliphatic heterocycles. The van der Waals surface area contributed by atoms with Crippen molar-refractivity contribution in [2.45, 2.75) is 13.2 Å². The second kappa shape index (κ2) is 13.8. The summed E-state index contributed by atoms with van der Waals surface area (Å²) in [7, 11) is 0. The van der Waals surface area contributed by atoms with Gasteiger partial charge in [0.2, 0.25) is 0 Å². The van der Waals surface area contributed by atoms with Gasteiger partial charge in [-0.05, 0) is 59.7 Å². The first kappa shape index (κ1) is 26.6. The molecule has 0 aliphatic carbocycles. The number of rotatable bonds is 8. The highest BCUT2D eigenvalue weighted by molar-refractivity contribution is 5.91. The summed E-state index contributed by atoms with van der Waals surface area (Å²) in [5.41, 5.74) is 2.36. The number of benzene rings is 4. The van der Waals surface area contributed by atoms with Gasteiger partial charge in [0.15, 0.2) is 0 Å². The molecule has 0 fully saturated rings. The molecule has 0 atom stereocenters. The highest BCUT2D eigenvalue weighted by Crippen LogP contribution is 2.16. The monoisotopic (exact) mass is 501 g/mol. The average Bonchev–Trinajstić information content (AvgIpc) is 2.94. The molecule has 0 heterocycles. The third kappa shape index (κ3) is 8.93. The molecule has 188 valence electrons. The molecule has 0 unspecified atom stereocenters. The average molecular weight is 501 g/mol. The van der Waals surface area contributed by atoms with Crippen LogP contribution in [-0.2, 0) is 18.1 Å². The van der Waals surface area contributed by atoms with Crippen LogP contribution in [0.3, 0.4) is 0 Å². The van der Waals surface area contributed by atoms with Gasteiger partial charge in [0.25, 0.3) is 5.09 Å². The maximum Gasteiger partial charge on any atom is 0.343 e. The molecule has 4 aromatic carbocycles. The maximum absolute atomic E-state index is 11.8. The zero-order valence-electron chi connectivity index (χ0n) is 19.6. The van der Waals surface area contributed by atoms with Crippen molar-refractivity contribution in [2.75, 3.05) is 0 Å². The quantitative estimate of drug-likeness (QED) is 0.155. The van der Waals surface area contributed by atoms with Gasteiger partial charge in [0, 0.05) is 0 Å². The van der Waals surface area contributed by atoms with Crippen molar-refractivity contribution in [1.29, 1.82) is 0 Å². The fourth-order valence-electron chi connectivity index (χ4n) is 2.92. The van der Waals surface area contributed by atoms with Crippen LogP contribution in [0.15, 0.2) is 109 Å². The van der Waals surface area contributed by atoms with E-state index in [4.69, 9.17) is 14.6 Å². The number of ether oxygens (including phenoxy) is 2. The Bertz CT molecular complexity index is 1290. The summed E-state index contributed by atoms with van der Waals surface area (Å²) in [5.74, 6) is -0.0120. The van der Waals surface area contributed by atoms with Crippen molar-refractivity contribution in [1.82, 2.24) is 0 Å². The first-order valence-corrected chi connectivity index (χ1v) is 11.0. The second-order valence-corrected chi connectivity index (χ2v) is 7.45. The van der Waals surface area contributed by atoms with Crippen LogP contribution in [0.25, 0.3) is 0 Å². The molecule has 0 amide bonds. The third-order valence-corrected chi connectivity index (χ3v) is 4.81. The van der Waals surface area contributed by atoms with Gasteiger partial charge in [-0.1, -0.05) is 60.7 Å². The summed E-state index contributed by atoms with van der Waals surface area (Å²) in [6.45, 7) is -0.160. The number of esters is 2. The first-order chi connectivity index (χ1) is 17.9. The second-order valence-electron chi connectivity index (χ2n) is 7.45. The molecule has 9 nitrogen and oxygen atoms in total. The van der Waals surface area contributed by atoms with Gasteiger partial charge in [-0.25, -0.2) is 9.59 Å². The number of nitrogens with zero attached hydrogens (tertiary/aromatic N) is 1. The molecule has 0 aromatic heterocycles. The lowest BCUT2D eigenvalue weighted by atomic mass is 10.2. The predicted molar refractivity (Wildman–Crippen MR) is 133 cm³/mol. The summed E-state index contributed by atoms with van der Waals surface area (Å²) < 4.78 is 10.3. The van der Waals surface area contributed by atoms with E-state index in [1.165, 1.54) is 0 Å². The SMILES string of the molecule is O=C(Oc1ccc(CO)cc1)c1ccccc1.O=C(Oc1ccc(CO[N+](=O)[O-])cc1)c1ccccc1. The molecule has 0 radical (unpaired) electrons. The van der Waals surface area contributed by atoms with Crippen molar-refractivity contribution in [3.05, 3.63) is 142 Å². The van der Waals surface area contributed by atoms with Crippen molar-refractivity contribution >= 4 is 11.9 Å². The molecule has 0 spiro atoms. The van der Waals surface area contributed by atoms with E-state index in [0.717, 1.165) is 5.56 Å². The van der Waals surface area contributed by atoms with Crippen molar-refractivity contribution in [3.8, 4) is 11.5 Å². The smallest absolute Gasteiger partial charge is 0.343 e. The Kier molecular flexibility index (Phi) is 9.89. The Hall–Kier alpha value is -5.02. The molecular formula is C28H23NO8. The van der Waals surface area contributed by atoms with Crippen LogP contribution < -0.4 is 9.47 Å². The van der Waals surface area contributed by atoms with Crippen molar-refractivity contribution < 1.29 is 34.1 Å². The Labute approximate surface area is 212 Å². The van der Waals surface area contributed by atoms with Gasteiger partial charge in [0.05, 0.1) is 17.7 Å². The van der Waals surface area contributed by atoms with Crippen molar-refractivity contribution in [2.24, 2.45) is 0 Å². The molecule has 0 saturated heterocycles. The largest absolute Gasteiger partial charge is 0.423 e. The molecule has 0 aliphatic rings. The minimum Gasteiger partial charge on any atom is -0.423 e. The maximum atomic E-state index is 11.8. The Morgan fingerprint density at radius 2 is 1.05 bits per heavy atom. The molecular weight excluding hydrogens is 478 g/mol.